The molecule has 0 aromatic heterocycles. The van der Waals surface area contributed by atoms with Crippen LogP contribution in [0.3, 0.4) is 0 Å². The minimum Gasteiger partial charge on any atom is -0.314 e. The van der Waals surface area contributed by atoms with Crippen molar-refractivity contribution in [3.8, 4) is 0 Å². The number of hydrogen-bond acceptors (Lipinski definition) is 4. The fraction of sp³-hybridized carbons (Fsp3) is 1.00. The Bertz CT molecular complexity index is 219. The molecule has 1 aliphatic heterocycles. The van der Waals surface area contributed by atoms with Crippen molar-refractivity contribution in [3.05, 3.63) is 0 Å². The van der Waals surface area contributed by atoms with Gasteiger partial charge in [0, 0.05) is 6.04 Å². The van der Waals surface area contributed by atoms with Crippen molar-refractivity contribution < 1.29 is 12.6 Å². The quantitative estimate of drug-likeness (QED) is 0.644. The van der Waals surface area contributed by atoms with Crippen molar-refractivity contribution in [1.82, 2.24) is 5.32 Å². The van der Waals surface area contributed by atoms with E-state index in [2.05, 4.69) is 9.50 Å². The van der Waals surface area contributed by atoms with Gasteiger partial charge >= 0.3 is 0 Å². The van der Waals surface area contributed by atoms with Crippen molar-refractivity contribution in [3.63, 3.8) is 0 Å². The Morgan fingerprint density at radius 3 is 2.83 bits per heavy atom. The minimum absolute atomic E-state index is 0.302. The first-order valence-corrected chi connectivity index (χ1v) is 5.97. The molecule has 1 aliphatic rings. The van der Waals surface area contributed by atoms with Gasteiger partial charge in [0.15, 0.2) is 0 Å². The highest BCUT2D eigenvalue weighted by atomic mass is 32.2. The molecule has 5 heteroatoms. The van der Waals surface area contributed by atoms with Gasteiger partial charge in [0.05, 0.1) is 12.9 Å². The predicted molar refractivity (Wildman–Crippen MR) is 46.4 cm³/mol. The average Bonchev–Trinajstić information content (AvgIpc) is 2.36. The average molecular weight is 193 g/mol. The summed E-state index contributed by atoms with van der Waals surface area (Å²) in [4.78, 5) is 0. The van der Waals surface area contributed by atoms with Gasteiger partial charge in [0.1, 0.15) is 0 Å². The molecule has 72 valence electrons. The van der Waals surface area contributed by atoms with Crippen LogP contribution in [-0.4, -0.2) is 33.9 Å². The van der Waals surface area contributed by atoms with Gasteiger partial charge in [-0.3, -0.25) is 4.18 Å². The molecule has 1 saturated heterocycles. The summed E-state index contributed by atoms with van der Waals surface area (Å²) in [5, 5.41) is 3.27. The summed E-state index contributed by atoms with van der Waals surface area (Å²) in [6.45, 7) is 1.35. The van der Waals surface area contributed by atoms with Crippen LogP contribution in [0.25, 0.3) is 0 Å². The van der Waals surface area contributed by atoms with Crippen molar-refractivity contribution >= 4 is 10.1 Å². The number of rotatable bonds is 4. The molecule has 0 spiro atoms. The normalized spacial score (nSPS) is 24.6. The van der Waals surface area contributed by atoms with E-state index in [-0.39, 0.29) is 0 Å². The highest BCUT2D eigenvalue weighted by Crippen LogP contribution is 2.08. The second-order valence-electron chi connectivity index (χ2n) is 3.11. The summed E-state index contributed by atoms with van der Waals surface area (Å²) in [5.74, 6) is 0. The molecule has 1 fully saturated rings. The lowest BCUT2D eigenvalue weighted by molar-refractivity contribution is 0.298. The molecule has 1 unspecified atom stereocenters. The number of nitrogens with one attached hydrogen (secondary N) is 1. The van der Waals surface area contributed by atoms with E-state index in [0.717, 1.165) is 25.6 Å². The Hall–Kier alpha value is -0.130. The van der Waals surface area contributed by atoms with Gasteiger partial charge < -0.3 is 5.32 Å². The standard InChI is InChI=1S/C7H15NO3S/c1-12(9,10)11-6-4-7-3-2-5-8-7/h7-8H,2-6H2,1H3. The summed E-state index contributed by atoms with van der Waals surface area (Å²) in [6.07, 6.45) is 4.18. The third-order valence-electron chi connectivity index (χ3n) is 1.93. The van der Waals surface area contributed by atoms with Gasteiger partial charge in [-0.15, -0.1) is 0 Å². The van der Waals surface area contributed by atoms with Gasteiger partial charge in [-0.2, -0.15) is 8.42 Å². The van der Waals surface area contributed by atoms with Crippen LogP contribution in [0.2, 0.25) is 0 Å². The zero-order chi connectivity index (χ0) is 9.03. The first-order chi connectivity index (χ1) is 5.58. The molecule has 0 aromatic carbocycles. The molecule has 0 aromatic rings. The first-order valence-electron chi connectivity index (χ1n) is 4.16. The Balaban J connectivity index is 2.09. The topological polar surface area (TPSA) is 55.4 Å². The molecule has 12 heavy (non-hydrogen) atoms. The van der Waals surface area contributed by atoms with Crippen LogP contribution >= 0.6 is 0 Å². The van der Waals surface area contributed by atoms with E-state index in [9.17, 15) is 8.42 Å². The lowest BCUT2D eigenvalue weighted by Gasteiger charge is -2.08. The number of hydrogen-bond donors (Lipinski definition) is 1. The molecule has 0 aliphatic carbocycles. The van der Waals surface area contributed by atoms with Gasteiger partial charge in [-0.25, -0.2) is 0 Å². The highest BCUT2D eigenvalue weighted by Gasteiger charge is 2.14. The van der Waals surface area contributed by atoms with Crippen molar-refractivity contribution in [1.29, 1.82) is 0 Å². The van der Waals surface area contributed by atoms with E-state index in [4.69, 9.17) is 0 Å². The molecule has 0 amide bonds. The van der Waals surface area contributed by atoms with Crippen molar-refractivity contribution in [2.75, 3.05) is 19.4 Å². The first kappa shape index (κ1) is 9.95. The van der Waals surface area contributed by atoms with Gasteiger partial charge in [-0.1, -0.05) is 0 Å². The second-order valence-corrected chi connectivity index (χ2v) is 4.75. The highest BCUT2D eigenvalue weighted by molar-refractivity contribution is 7.85. The van der Waals surface area contributed by atoms with Crippen LogP contribution in [0.1, 0.15) is 19.3 Å². The van der Waals surface area contributed by atoms with E-state index in [1.807, 2.05) is 0 Å². The summed E-state index contributed by atoms with van der Waals surface area (Å²) in [5.41, 5.74) is 0. The van der Waals surface area contributed by atoms with E-state index < -0.39 is 10.1 Å². The molecule has 1 heterocycles. The molecule has 0 saturated carbocycles. The fourth-order valence-corrected chi connectivity index (χ4v) is 1.74. The zero-order valence-electron chi connectivity index (χ0n) is 7.25. The third-order valence-corrected chi connectivity index (χ3v) is 2.52. The van der Waals surface area contributed by atoms with E-state index in [0.29, 0.717) is 12.6 Å². The van der Waals surface area contributed by atoms with E-state index in [1.165, 1.54) is 6.42 Å². The molecular formula is C7H15NO3S. The Labute approximate surface area is 73.4 Å². The Kier molecular flexibility index (Phi) is 3.49. The maximum absolute atomic E-state index is 10.6. The Morgan fingerprint density at radius 2 is 2.33 bits per heavy atom. The van der Waals surface area contributed by atoms with E-state index in [1.54, 1.807) is 0 Å². The summed E-state index contributed by atoms with van der Waals surface area (Å²) in [6, 6.07) is 0.451. The maximum atomic E-state index is 10.6. The molecule has 1 N–H and O–H groups in total. The van der Waals surface area contributed by atoms with Gasteiger partial charge in [0.2, 0.25) is 0 Å². The van der Waals surface area contributed by atoms with Crippen LogP contribution in [0.4, 0.5) is 0 Å². The third kappa shape index (κ3) is 4.04. The van der Waals surface area contributed by atoms with Crippen LogP contribution in [0.15, 0.2) is 0 Å². The summed E-state index contributed by atoms with van der Waals surface area (Å²) < 4.78 is 25.7. The molecule has 0 bridgehead atoms. The minimum atomic E-state index is -3.24. The van der Waals surface area contributed by atoms with Gasteiger partial charge in [-0.05, 0) is 25.8 Å². The van der Waals surface area contributed by atoms with Crippen molar-refractivity contribution in [2.24, 2.45) is 0 Å². The van der Waals surface area contributed by atoms with Crippen molar-refractivity contribution in [2.45, 2.75) is 25.3 Å². The zero-order valence-corrected chi connectivity index (χ0v) is 8.06. The SMILES string of the molecule is CS(=O)(=O)OCCC1CCCN1. The van der Waals surface area contributed by atoms with Crippen LogP contribution < -0.4 is 5.32 Å². The maximum Gasteiger partial charge on any atom is 0.264 e. The monoisotopic (exact) mass is 193 g/mol. The fourth-order valence-electron chi connectivity index (χ4n) is 1.34. The predicted octanol–water partition coefficient (Wildman–Crippen LogP) is 0.105. The van der Waals surface area contributed by atoms with Crippen LogP contribution in [0.5, 0.6) is 0 Å². The summed E-state index contributed by atoms with van der Waals surface area (Å²) >= 11 is 0. The molecule has 0 radical (unpaired) electrons. The van der Waals surface area contributed by atoms with E-state index >= 15 is 0 Å². The largest absolute Gasteiger partial charge is 0.314 e. The molecule has 1 atom stereocenters. The lowest BCUT2D eigenvalue weighted by Crippen LogP contribution is -2.23. The van der Waals surface area contributed by atoms with Crippen LogP contribution in [-0.2, 0) is 14.3 Å². The lowest BCUT2D eigenvalue weighted by atomic mass is 10.2. The second kappa shape index (κ2) is 4.20. The smallest absolute Gasteiger partial charge is 0.264 e. The van der Waals surface area contributed by atoms with Crippen LogP contribution in [0, 0.1) is 0 Å². The molecule has 4 nitrogen and oxygen atoms in total. The molecule has 1 rings (SSSR count). The Morgan fingerprint density at radius 1 is 1.58 bits per heavy atom. The molecular weight excluding hydrogens is 178 g/mol. The van der Waals surface area contributed by atoms with Gasteiger partial charge in [0.25, 0.3) is 10.1 Å². The summed E-state index contributed by atoms with van der Waals surface area (Å²) in [7, 11) is -3.24.